The van der Waals surface area contributed by atoms with Crippen LogP contribution in [-0.4, -0.2) is 22.8 Å². The Kier molecular flexibility index (Phi) is 5.42. The molecule has 0 atom stereocenters. The number of nitrogens with zero attached hydrogens (tertiary/aromatic N) is 2. The molecule has 1 heterocycles. The lowest BCUT2D eigenvalue weighted by Gasteiger charge is -2.20. The third-order valence-corrected chi connectivity index (χ3v) is 5.18. The molecule has 6 heteroatoms. The van der Waals surface area contributed by atoms with Gasteiger partial charge < -0.3 is 10.1 Å². The molecule has 1 aromatic heterocycles. The number of aromatic nitrogens is 2. The van der Waals surface area contributed by atoms with Crippen molar-refractivity contribution >= 4 is 11.6 Å². The fourth-order valence-electron chi connectivity index (χ4n) is 3.73. The molecule has 0 spiro atoms. The molecule has 2 aromatic carbocycles. The molecule has 6 nitrogen and oxygen atoms in total. The number of anilines is 1. The van der Waals surface area contributed by atoms with Gasteiger partial charge in [0.15, 0.2) is 0 Å². The predicted octanol–water partition coefficient (Wildman–Crippen LogP) is 3.44. The molecule has 1 N–H and O–H groups in total. The van der Waals surface area contributed by atoms with E-state index in [1.165, 1.54) is 4.68 Å². The normalized spacial score (nSPS) is 12.9. The van der Waals surface area contributed by atoms with E-state index in [0.29, 0.717) is 11.4 Å². The van der Waals surface area contributed by atoms with Crippen molar-refractivity contribution in [3.05, 3.63) is 76.1 Å². The van der Waals surface area contributed by atoms with Crippen LogP contribution in [0.3, 0.4) is 0 Å². The summed E-state index contributed by atoms with van der Waals surface area (Å²) in [6, 6.07) is 16.9. The first-order chi connectivity index (χ1) is 14.2. The van der Waals surface area contributed by atoms with Gasteiger partial charge in [0, 0.05) is 16.8 Å². The summed E-state index contributed by atoms with van der Waals surface area (Å²) in [4.78, 5) is 25.5. The molecular formula is C23H23N3O3. The fraction of sp³-hybridized carbons (Fsp3) is 0.261. The molecule has 1 amide bonds. The first-order valence-corrected chi connectivity index (χ1v) is 9.78. The molecular weight excluding hydrogens is 366 g/mol. The highest BCUT2D eigenvalue weighted by molar-refractivity contribution is 5.90. The quantitative estimate of drug-likeness (QED) is 0.726. The number of methoxy groups -OCH3 is 1. The first kappa shape index (κ1) is 18.9. The molecule has 3 aromatic rings. The Morgan fingerprint density at radius 1 is 1.03 bits per heavy atom. The van der Waals surface area contributed by atoms with E-state index in [4.69, 9.17) is 4.74 Å². The van der Waals surface area contributed by atoms with Crippen LogP contribution in [0, 0.1) is 0 Å². The van der Waals surface area contributed by atoms with Crippen LogP contribution in [-0.2, 0) is 24.2 Å². The van der Waals surface area contributed by atoms with Gasteiger partial charge in [-0.3, -0.25) is 9.59 Å². The Labute approximate surface area is 169 Å². The van der Waals surface area contributed by atoms with Crippen molar-refractivity contribution in [1.82, 2.24) is 9.78 Å². The minimum Gasteiger partial charge on any atom is -0.497 e. The van der Waals surface area contributed by atoms with Gasteiger partial charge >= 0.3 is 0 Å². The van der Waals surface area contributed by atoms with Gasteiger partial charge in [0.05, 0.1) is 12.8 Å². The molecule has 29 heavy (non-hydrogen) atoms. The van der Waals surface area contributed by atoms with Gasteiger partial charge in [0.25, 0.3) is 5.56 Å². The van der Waals surface area contributed by atoms with Crippen LogP contribution >= 0.6 is 0 Å². The van der Waals surface area contributed by atoms with Crippen LogP contribution in [0.4, 0.5) is 5.69 Å². The van der Waals surface area contributed by atoms with Gasteiger partial charge in [0.2, 0.25) is 5.91 Å². The molecule has 0 aliphatic heterocycles. The van der Waals surface area contributed by atoms with E-state index < -0.39 is 0 Å². The lowest BCUT2D eigenvalue weighted by atomic mass is 9.90. The Bertz CT molecular complexity index is 1070. The molecule has 0 unspecified atom stereocenters. The van der Waals surface area contributed by atoms with E-state index in [0.717, 1.165) is 48.1 Å². The summed E-state index contributed by atoms with van der Waals surface area (Å²) in [6.07, 6.45) is 3.62. The van der Waals surface area contributed by atoms with Gasteiger partial charge in [-0.1, -0.05) is 30.3 Å². The molecule has 0 fully saturated rings. The largest absolute Gasteiger partial charge is 0.497 e. The summed E-state index contributed by atoms with van der Waals surface area (Å²) >= 11 is 0. The van der Waals surface area contributed by atoms with Crippen LogP contribution in [0.25, 0.3) is 11.3 Å². The second-order valence-electron chi connectivity index (χ2n) is 7.12. The number of amides is 1. The van der Waals surface area contributed by atoms with E-state index >= 15 is 0 Å². The van der Waals surface area contributed by atoms with E-state index in [1.54, 1.807) is 31.4 Å². The van der Waals surface area contributed by atoms with Gasteiger partial charge in [0.1, 0.15) is 12.3 Å². The number of hydrogen-bond donors (Lipinski definition) is 1. The van der Waals surface area contributed by atoms with Crippen molar-refractivity contribution < 1.29 is 9.53 Å². The van der Waals surface area contributed by atoms with Crippen LogP contribution in [0.5, 0.6) is 5.75 Å². The minimum absolute atomic E-state index is 0.127. The summed E-state index contributed by atoms with van der Waals surface area (Å²) in [6.45, 7) is -0.127. The zero-order valence-corrected chi connectivity index (χ0v) is 16.4. The van der Waals surface area contributed by atoms with E-state index in [1.807, 2.05) is 30.3 Å². The van der Waals surface area contributed by atoms with Crippen LogP contribution < -0.4 is 15.6 Å². The summed E-state index contributed by atoms with van der Waals surface area (Å²) in [5.41, 5.74) is 4.07. The van der Waals surface area contributed by atoms with Crippen molar-refractivity contribution in [2.75, 3.05) is 12.4 Å². The summed E-state index contributed by atoms with van der Waals surface area (Å²) in [5, 5.41) is 7.40. The predicted molar refractivity (Wildman–Crippen MR) is 112 cm³/mol. The number of fused-ring (bicyclic) bond motifs is 1. The zero-order chi connectivity index (χ0) is 20.2. The fourth-order valence-corrected chi connectivity index (χ4v) is 3.73. The number of benzene rings is 2. The third-order valence-electron chi connectivity index (χ3n) is 5.18. The zero-order valence-electron chi connectivity index (χ0n) is 16.4. The molecule has 0 saturated carbocycles. The van der Waals surface area contributed by atoms with E-state index in [-0.39, 0.29) is 18.0 Å². The number of hydrogen-bond acceptors (Lipinski definition) is 4. The highest BCUT2D eigenvalue weighted by Crippen LogP contribution is 2.27. The van der Waals surface area contributed by atoms with Crippen LogP contribution in [0.1, 0.15) is 24.0 Å². The number of nitrogens with one attached hydrogen (secondary N) is 1. The summed E-state index contributed by atoms with van der Waals surface area (Å²) < 4.78 is 6.42. The summed E-state index contributed by atoms with van der Waals surface area (Å²) in [7, 11) is 1.59. The number of carbonyl (C=O) groups is 1. The van der Waals surface area contributed by atoms with Gasteiger partial charge in [-0.25, -0.2) is 4.68 Å². The SMILES string of the molecule is COc1ccc(NC(=O)Cn2nc(-c3ccccc3)c3c(c2=O)CCCC3)cc1. The lowest BCUT2D eigenvalue weighted by Crippen LogP contribution is -2.34. The number of rotatable bonds is 5. The van der Waals surface area contributed by atoms with Gasteiger partial charge in [-0.2, -0.15) is 5.10 Å². The molecule has 1 aliphatic carbocycles. The Balaban J connectivity index is 1.64. The molecule has 0 bridgehead atoms. The van der Waals surface area contributed by atoms with Crippen molar-refractivity contribution in [2.24, 2.45) is 0 Å². The lowest BCUT2D eigenvalue weighted by molar-refractivity contribution is -0.117. The standard InChI is InChI=1S/C23H23N3O3/c1-29-18-13-11-17(12-14-18)24-21(27)15-26-23(28)20-10-6-5-9-19(20)22(25-26)16-7-3-2-4-8-16/h2-4,7-8,11-14H,5-6,9-10,15H2,1H3,(H,24,27). The van der Waals surface area contributed by atoms with E-state index in [2.05, 4.69) is 10.4 Å². The van der Waals surface area contributed by atoms with Crippen LogP contribution in [0.2, 0.25) is 0 Å². The van der Waals surface area contributed by atoms with Gasteiger partial charge in [-0.05, 0) is 55.5 Å². The van der Waals surface area contributed by atoms with Crippen molar-refractivity contribution in [1.29, 1.82) is 0 Å². The monoisotopic (exact) mass is 389 g/mol. The topological polar surface area (TPSA) is 73.2 Å². The maximum absolute atomic E-state index is 13.0. The first-order valence-electron chi connectivity index (χ1n) is 9.78. The Hall–Kier alpha value is -3.41. The van der Waals surface area contributed by atoms with Crippen molar-refractivity contribution in [2.45, 2.75) is 32.2 Å². The molecule has 0 saturated heterocycles. The molecule has 148 valence electrons. The third kappa shape index (κ3) is 4.06. The summed E-state index contributed by atoms with van der Waals surface area (Å²) in [5.74, 6) is 0.419. The molecule has 4 rings (SSSR count). The maximum Gasteiger partial charge on any atom is 0.270 e. The average molecular weight is 389 g/mol. The highest BCUT2D eigenvalue weighted by atomic mass is 16.5. The molecule has 0 radical (unpaired) electrons. The second kappa shape index (κ2) is 8.31. The number of carbonyl (C=O) groups excluding carboxylic acids is 1. The highest BCUT2D eigenvalue weighted by Gasteiger charge is 2.22. The average Bonchev–Trinajstić information content (AvgIpc) is 2.77. The Morgan fingerprint density at radius 2 is 1.72 bits per heavy atom. The van der Waals surface area contributed by atoms with Crippen molar-refractivity contribution in [3.8, 4) is 17.0 Å². The van der Waals surface area contributed by atoms with Crippen molar-refractivity contribution in [3.63, 3.8) is 0 Å². The Morgan fingerprint density at radius 3 is 2.41 bits per heavy atom. The van der Waals surface area contributed by atoms with Gasteiger partial charge in [-0.15, -0.1) is 0 Å². The minimum atomic E-state index is -0.292. The molecule has 1 aliphatic rings. The van der Waals surface area contributed by atoms with E-state index in [9.17, 15) is 9.59 Å². The maximum atomic E-state index is 13.0. The smallest absolute Gasteiger partial charge is 0.270 e. The number of ether oxygens (including phenoxy) is 1. The second-order valence-corrected chi connectivity index (χ2v) is 7.12. The van der Waals surface area contributed by atoms with Crippen LogP contribution in [0.15, 0.2) is 59.4 Å².